The zero-order valence-electron chi connectivity index (χ0n) is 22.9. The van der Waals surface area contributed by atoms with Crippen molar-refractivity contribution in [3.05, 3.63) is 54.1 Å². The van der Waals surface area contributed by atoms with E-state index in [0.717, 1.165) is 11.1 Å². The Kier molecular flexibility index (Phi) is 8.42. The molecule has 0 saturated carbocycles. The Labute approximate surface area is 228 Å². The fraction of sp³-hybridized carbons (Fsp3) is 0.448. The number of fused-ring (bicyclic) bond motifs is 4. The second kappa shape index (κ2) is 11.8. The maximum atomic E-state index is 13.4. The topological polar surface area (TPSA) is 117 Å². The number of hydrogen-bond donors (Lipinski definition) is 2. The summed E-state index contributed by atoms with van der Waals surface area (Å²) in [5.74, 6) is -0.0911. The first-order valence-corrected chi connectivity index (χ1v) is 13.1. The Morgan fingerprint density at radius 3 is 2.41 bits per heavy atom. The number of hydrogen-bond acceptors (Lipinski definition) is 6. The fourth-order valence-corrected chi connectivity index (χ4v) is 4.85. The molecule has 1 saturated heterocycles. The zero-order valence-corrected chi connectivity index (χ0v) is 22.9. The van der Waals surface area contributed by atoms with E-state index in [9.17, 15) is 19.2 Å². The molecule has 39 heavy (non-hydrogen) atoms. The van der Waals surface area contributed by atoms with E-state index in [1.165, 1.54) is 4.90 Å². The number of para-hydroxylation sites is 1. The normalized spacial score (nSPS) is 19.5. The van der Waals surface area contributed by atoms with Gasteiger partial charge in [-0.1, -0.05) is 36.4 Å². The minimum atomic E-state index is -0.620. The summed E-state index contributed by atoms with van der Waals surface area (Å²) in [5.41, 5.74) is 1.41. The molecule has 2 aromatic carbocycles. The number of benzene rings is 2. The summed E-state index contributed by atoms with van der Waals surface area (Å²) in [5, 5.41) is 5.54. The number of nitrogens with one attached hydrogen (secondary N) is 2. The highest BCUT2D eigenvalue weighted by molar-refractivity contribution is 6.02. The Morgan fingerprint density at radius 1 is 1.03 bits per heavy atom. The third kappa shape index (κ3) is 7.07. The number of amides is 4. The molecule has 0 radical (unpaired) electrons. The highest BCUT2D eigenvalue weighted by atomic mass is 16.6. The first-order chi connectivity index (χ1) is 18.5. The molecule has 2 aliphatic heterocycles. The molecule has 2 atom stereocenters. The number of rotatable bonds is 4. The molecule has 2 aromatic rings. The van der Waals surface area contributed by atoms with E-state index >= 15 is 0 Å². The third-order valence-electron chi connectivity index (χ3n) is 6.61. The van der Waals surface area contributed by atoms with Gasteiger partial charge in [-0.05, 0) is 44.9 Å². The summed E-state index contributed by atoms with van der Waals surface area (Å²) in [6, 6.07) is 14.3. The highest BCUT2D eigenvalue weighted by Gasteiger charge is 2.37. The third-order valence-corrected chi connectivity index (χ3v) is 6.61. The lowest BCUT2D eigenvalue weighted by Gasteiger charge is -2.28. The van der Waals surface area contributed by atoms with Crippen LogP contribution in [0.1, 0.15) is 44.0 Å². The quantitative estimate of drug-likeness (QED) is 0.621. The van der Waals surface area contributed by atoms with Gasteiger partial charge in [0.15, 0.2) is 0 Å². The predicted molar refractivity (Wildman–Crippen MR) is 145 cm³/mol. The average Bonchev–Trinajstić information content (AvgIpc) is 3.28. The molecule has 1 fully saturated rings. The summed E-state index contributed by atoms with van der Waals surface area (Å²) in [6.45, 7) is 5.89. The van der Waals surface area contributed by atoms with Crippen molar-refractivity contribution in [1.82, 2.24) is 20.4 Å². The minimum absolute atomic E-state index is 0.0771. The second-order valence-corrected chi connectivity index (χ2v) is 10.9. The summed E-state index contributed by atoms with van der Waals surface area (Å²) >= 11 is 0. The molecule has 10 heteroatoms. The molecule has 0 aromatic heterocycles. The SMILES string of the molecule is CN1CC(=O)N2C[C@H](NC(=O)CCNC(=O)OC(C)(C)C)C[C@H]2COc2ccccc2-c2ccccc2C1=O. The van der Waals surface area contributed by atoms with Crippen molar-refractivity contribution >= 4 is 23.8 Å². The predicted octanol–water partition coefficient (Wildman–Crippen LogP) is 2.82. The Bertz CT molecular complexity index is 1240. The van der Waals surface area contributed by atoms with Crippen molar-refractivity contribution in [1.29, 1.82) is 0 Å². The van der Waals surface area contributed by atoms with Crippen LogP contribution in [0.15, 0.2) is 48.5 Å². The van der Waals surface area contributed by atoms with Gasteiger partial charge >= 0.3 is 6.09 Å². The van der Waals surface area contributed by atoms with E-state index in [2.05, 4.69) is 10.6 Å². The second-order valence-electron chi connectivity index (χ2n) is 10.9. The van der Waals surface area contributed by atoms with Gasteiger partial charge in [-0.15, -0.1) is 0 Å². The first-order valence-electron chi connectivity index (χ1n) is 13.1. The van der Waals surface area contributed by atoms with Gasteiger partial charge in [0.2, 0.25) is 11.8 Å². The van der Waals surface area contributed by atoms with Crippen molar-refractivity contribution in [2.75, 3.05) is 33.3 Å². The molecule has 0 unspecified atom stereocenters. The minimum Gasteiger partial charge on any atom is -0.491 e. The van der Waals surface area contributed by atoms with E-state index in [4.69, 9.17) is 9.47 Å². The van der Waals surface area contributed by atoms with E-state index in [0.29, 0.717) is 24.3 Å². The lowest BCUT2D eigenvalue weighted by molar-refractivity contribution is -0.133. The number of nitrogens with zero attached hydrogens (tertiary/aromatic N) is 2. The standard InChI is InChI=1S/C29H36N4O6/c1-29(2,3)39-28(37)30-14-13-25(34)31-19-15-20-18-38-24-12-8-7-10-22(24)21-9-5-6-11-23(21)27(36)32(4)17-26(35)33(20)16-19/h5-12,19-20H,13-18H2,1-4H3,(H,30,37)(H,31,34)/t19-,20+/m1/s1. The molecule has 2 heterocycles. The molecule has 4 amide bonds. The Morgan fingerprint density at radius 2 is 1.69 bits per heavy atom. The molecule has 208 valence electrons. The summed E-state index contributed by atoms with van der Waals surface area (Å²) in [6.07, 6.45) is 0.00445. The fourth-order valence-electron chi connectivity index (χ4n) is 4.85. The molecular formula is C29H36N4O6. The van der Waals surface area contributed by atoms with Crippen molar-refractivity contribution in [3.63, 3.8) is 0 Å². The number of alkyl carbamates (subject to hydrolysis) is 1. The molecule has 2 aliphatic rings. The maximum absolute atomic E-state index is 13.4. The Balaban J connectivity index is 1.45. The lowest BCUT2D eigenvalue weighted by Crippen LogP contribution is -2.46. The number of carbonyl (C=O) groups is 4. The maximum Gasteiger partial charge on any atom is 0.407 e. The van der Waals surface area contributed by atoms with Gasteiger partial charge in [-0.3, -0.25) is 14.4 Å². The number of carbonyl (C=O) groups excluding carboxylic acids is 4. The monoisotopic (exact) mass is 536 g/mol. The molecule has 0 bridgehead atoms. The van der Waals surface area contributed by atoms with Crippen LogP contribution < -0.4 is 15.4 Å². The Hall–Kier alpha value is -4.08. The van der Waals surface area contributed by atoms with Crippen LogP contribution in [0.25, 0.3) is 11.1 Å². The summed E-state index contributed by atoms with van der Waals surface area (Å²) in [4.78, 5) is 54.2. The molecule has 4 rings (SSSR count). The molecule has 10 nitrogen and oxygen atoms in total. The van der Waals surface area contributed by atoms with E-state index in [1.807, 2.05) is 36.4 Å². The summed E-state index contributed by atoms with van der Waals surface area (Å²) in [7, 11) is 1.62. The largest absolute Gasteiger partial charge is 0.491 e. The number of ether oxygens (including phenoxy) is 2. The van der Waals surface area contributed by atoms with Gasteiger partial charge in [0.1, 0.15) is 18.0 Å². The van der Waals surface area contributed by atoms with Crippen LogP contribution in [0.2, 0.25) is 0 Å². The average molecular weight is 537 g/mol. The van der Waals surface area contributed by atoms with E-state index < -0.39 is 11.7 Å². The van der Waals surface area contributed by atoms with Crippen LogP contribution >= 0.6 is 0 Å². The van der Waals surface area contributed by atoms with Crippen LogP contribution in [0, 0.1) is 0 Å². The van der Waals surface area contributed by atoms with Crippen LogP contribution in [0.4, 0.5) is 4.79 Å². The van der Waals surface area contributed by atoms with Crippen molar-refractivity contribution in [2.45, 2.75) is 51.3 Å². The molecular weight excluding hydrogens is 500 g/mol. The highest BCUT2D eigenvalue weighted by Crippen LogP contribution is 2.34. The van der Waals surface area contributed by atoms with Crippen molar-refractivity contribution < 1.29 is 28.7 Å². The van der Waals surface area contributed by atoms with Crippen LogP contribution in [-0.4, -0.2) is 84.6 Å². The van der Waals surface area contributed by atoms with Crippen LogP contribution in [0.5, 0.6) is 5.75 Å². The van der Waals surface area contributed by atoms with E-state index in [1.54, 1.807) is 44.9 Å². The molecule has 0 spiro atoms. The van der Waals surface area contributed by atoms with Gasteiger partial charge in [-0.2, -0.15) is 0 Å². The zero-order chi connectivity index (χ0) is 28.2. The van der Waals surface area contributed by atoms with Gasteiger partial charge in [0, 0.05) is 43.7 Å². The van der Waals surface area contributed by atoms with Gasteiger partial charge < -0.3 is 29.9 Å². The van der Waals surface area contributed by atoms with Crippen molar-refractivity contribution in [3.8, 4) is 16.9 Å². The van der Waals surface area contributed by atoms with Gasteiger partial charge in [-0.25, -0.2) is 4.79 Å². The van der Waals surface area contributed by atoms with Crippen LogP contribution in [0.3, 0.4) is 0 Å². The van der Waals surface area contributed by atoms with E-state index in [-0.39, 0.29) is 55.9 Å². The number of likely N-dealkylation sites (N-methyl/N-ethyl adjacent to an activating group) is 1. The summed E-state index contributed by atoms with van der Waals surface area (Å²) < 4.78 is 11.4. The smallest absolute Gasteiger partial charge is 0.407 e. The first kappa shape index (κ1) is 27.9. The molecule has 2 N–H and O–H groups in total. The van der Waals surface area contributed by atoms with Gasteiger partial charge in [0.05, 0.1) is 12.6 Å². The lowest BCUT2D eigenvalue weighted by atomic mass is 9.98. The van der Waals surface area contributed by atoms with Crippen molar-refractivity contribution in [2.24, 2.45) is 0 Å². The van der Waals surface area contributed by atoms with Crippen LogP contribution in [-0.2, 0) is 14.3 Å². The van der Waals surface area contributed by atoms with Gasteiger partial charge in [0.25, 0.3) is 5.91 Å². The molecule has 0 aliphatic carbocycles.